The van der Waals surface area contributed by atoms with Crippen LogP contribution in [0.3, 0.4) is 0 Å². The maximum Gasteiger partial charge on any atom is 0.0638 e. The van der Waals surface area contributed by atoms with Gasteiger partial charge in [-0.1, -0.05) is 117 Å². The van der Waals surface area contributed by atoms with Crippen LogP contribution in [0.2, 0.25) is 0 Å². The molecule has 0 N–H and O–H groups in total. The molecule has 0 spiro atoms. The monoisotopic (exact) mass is 656 g/mol. The highest BCUT2D eigenvalue weighted by Gasteiger charge is 2.41. The van der Waals surface area contributed by atoms with Crippen molar-refractivity contribution in [3.05, 3.63) is 169 Å². The van der Waals surface area contributed by atoms with E-state index in [-0.39, 0.29) is 5.41 Å². The third-order valence-electron chi connectivity index (χ3n) is 11.1. The Kier molecular flexibility index (Phi) is 5.64. The second-order valence-corrected chi connectivity index (χ2v) is 15.2. The molecule has 0 saturated heterocycles. The zero-order chi connectivity index (χ0) is 33.1. The van der Waals surface area contributed by atoms with Crippen molar-refractivity contribution in [3.63, 3.8) is 0 Å². The molecule has 10 aromatic rings. The molecule has 1 aliphatic carbocycles. The molecule has 50 heavy (non-hydrogen) atoms. The van der Waals surface area contributed by atoms with Gasteiger partial charge < -0.3 is 9.13 Å². The fourth-order valence-electron chi connectivity index (χ4n) is 8.88. The molecule has 0 aliphatic heterocycles. The van der Waals surface area contributed by atoms with Gasteiger partial charge in [0.25, 0.3) is 0 Å². The number of hydrogen-bond acceptors (Lipinski definition) is 1. The number of rotatable bonds is 3. The van der Waals surface area contributed by atoms with Crippen LogP contribution >= 0.6 is 11.3 Å². The molecule has 0 atom stereocenters. The summed E-state index contributed by atoms with van der Waals surface area (Å²) in [6.45, 7) is 4.80. The lowest BCUT2D eigenvalue weighted by atomic mass is 9.85. The number of aromatic nitrogens is 2. The van der Waals surface area contributed by atoms with Crippen LogP contribution in [0, 0.1) is 0 Å². The lowest BCUT2D eigenvalue weighted by Gasteiger charge is -2.25. The molecule has 0 fully saturated rings. The van der Waals surface area contributed by atoms with Crippen molar-refractivity contribution >= 4 is 64.2 Å². The lowest BCUT2D eigenvalue weighted by Crippen LogP contribution is -2.19. The van der Waals surface area contributed by atoms with E-state index < -0.39 is 0 Å². The minimum absolute atomic E-state index is 0.165. The van der Waals surface area contributed by atoms with E-state index in [1.54, 1.807) is 0 Å². The Morgan fingerprint density at radius 2 is 1.12 bits per heavy atom. The van der Waals surface area contributed by atoms with E-state index in [1.807, 2.05) is 11.3 Å². The molecule has 0 amide bonds. The van der Waals surface area contributed by atoms with Crippen molar-refractivity contribution in [1.82, 2.24) is 9.13 Å². The van der Waals surface area contributed by atoms with Crippen LogP contribution in [-0.2, 0) is 5.41 Å². The average molecular weight is 657 g/mol. The summed E-state index contributed by atoms with van der Waals surface area (Å²) in [5.74, 6) is 0. The largest absolute Gasteiger partial charge is 0.311 e. The smallest absolute Gasteiger partial charge is 0.0638 e. The molecule has 3 heterocycles. The van der Waals surface area contributed by atoms with Crippen molar-refractivity contribution < 1.29 is 0 Å². The van der Waals surface area contributed by atoms with E-state index in [0.29, 0.717) is 0 Å². The molecular formula is C47H32N2S. The zero-order valence-electron chi connectivity index (χ0n) is 27.8. The van der Waals surface area contributed by atoms with Gasteiger partial charge in [0.15, 0.2) is 0 Å². The molecule has 2 nitrogen and oxygen atoms in total. The Labute approximate surface area is 294 Å². The second-order valence-electron chi connectivity index (χ2n) is 14.1. The first-order valence-corrected chi connectivity index (χ1v) is 18.2. The molecule has 11 rings (SSSR count). The Hall–Kier alpha value is -5.90. The minimum atomic E-state index is -0.165. The van der Waals surface area contributed by atoms with E-state index in [1.165, 1.54) is 97.8 Å². The minimum Gasteiger partial charge on any atom is -0.311 e. The first-order valence-electron chi connectivity index (χ1n) is 17.4. The van der Waals surface area contributed by atoms with Gasteiger partial charge in [-0.15, -0.1) is 11.3 Å². The van der Waals surface area contributed by atoms with Crippen molar-refractivity contribution in [2.24, 2.45) is 0 Å². The number of hydrogen-bond donors (Lipinski definition) is 0. The van der Waals surface area contributed by atoms with Gasteiger partial charge in [-0.3, -0.25) is 0 Å². The summed E-state index contributed by atoms with van der Waals surface area (Å²) in [5.41, 5.74) is 13.9. The predicted octanol–water partition coefficient (Wildman–Crippen LogP) is 13.1. The summed E-state index contributed by atoms with van der Waals surface area (Å²) in [5, 5.41) is 6.50. The second kappa shape index (κ2) is 10.1. The standard InChI is InChI=1S/C47H32N2S/c1-47(2)38-19-9-6-17-35(38)44-37-28-30(29-23-25-40-36(27-29)32-15-7-10-20-39(32)48(40)31-13-4-3-5-14-31)24-26-41(37)49(46(44)47)42-21-12-18-34-33-16-8-11-22-43(33)50-45(34)42/h3-28H,1-2H3. The van der Waals surface area contributed by atoms with Gasteiger partial charge >= 0.3 is 0 Å². The quantitative estimate of drug-likeness (QED) is 0.179. The normalized spacial score (nSPS) is 13.6. The molecule has 0 bridgehead atoms. The Morgan fingerprint density at radius 3 is 1.96 bits per heavy atom. The van der Waals surface area contributed by atoms with Gasteiger partial charge in [0, 0.05) is 54.0 Å². The first kappa shape index (κ1) is 28.0. The van der Waals surface area contributed by atoms with Crippen molar-refractivity contribution in [2.75, 3.05) is 0 Å². The van der Waals surface area contributed by atoms with E-state index in [0.717, 1.165) is 0 Å². The molecule has 3 aromatic heterocycles. The van der Waals surface area contributed by atoms with Gasteiger partial charge in [0.1, 0.15) is 0 Å². The highest BCUT2D eigenvalue weighted by molar-refractivity contribution is 7.26. The number of para-hydroxylation sites is 2. The summed E-state index contributed by atoms with van der Waals surface area (Å²) < 4.78 is 7.64. The predicted molar refractivity (Wildman–Crippen MR) is 214 cm³/mol. The van der Waals surface area contributed by atoms with Crippen LogP contribution in [0.5, 0.6) is 0 Å². The molecule has 3 heteroatoms. The summed E-state index contributed by atoms with van der Waals surface area (Å²) in [6, 6.07) is 58.3. The zero-order valence-corrected chi connectivity index (χ0v) is 28.6. The molecule has 0 radical (unpaired) electrons. The van der Waals surface area contributed by atoms with Gasteiger partial charge in [-0.2, -0.15) is 0 Å². The number of thiophene rings is 1. The van der Waals surface area contributed by atoms with Gasteiger partial charge in [0.2, 0.25) is 0 Å². The molecule has 7 aromatic carbocycles. The Balaban J connectivity index is 1.19. The summed E-state index contributed by atoms with van der Waals surface area (Å²) in [6.07, 6.45) is 0. The van der Waals surface area contributed by atoms with Crippen molar-refractivity contribution in [3.8, 4) is 33.6 Å². The fraction of sp³-hybridized carbons (Fsp3) is 0.0638. The molecule has 1 aliphatic rings. The van der Waals surface area contributed by atoms with Crippen molar-refractivity contribution in [1.29, 1.82) is 0 Å². The molecule has 0 unspecified atom stereocenters. The van der Waals surface area contributed by atoms with Crippen LogP contribution in [0.15, 0.2) is 158 Å². The van der Waals surface area contributed by atoms with Gasteiger partial charge in [0.05, 0.1) is 26.9 Å². The first-order chi connectivity index (χ1) is 24.6. The van der Waals surface area contributed by atoms with Crippen LogP contribution in [-0.4, -0.2) is 9.13 Å². The van der Waals surface area contributed by atoms with Crippen molar-refractivity contribution in [2.45, 2.75) is 19.3 Å². The number of nitrogens with zero attached hydrogens (tertiary/aromatic N) is 2. The van der Waals surface area contributed by atoms with Crippen LogP contribution in [0.1, 0.15) is 25.1 Å². The van der Waals surface area contributed by atoms with E-state index in [2.05, 4.69) is 181 Å². The Morgan fingerprint density at radius 1 is 0.480 bits per heavy atom. The molecule has 236 valence electrons. The van der Waals surface area contributed by atoms with E-state index >= 15 is 0 Å². The van der Waals surface area contributed by atoms with Crippen LogP contribution in [0.4, 0.5) is 0 Å². The average Bonchev–Trinajstić information content (AvgIpc) is 3.88. The van der Waals surface area contributed by atoms with Gasteiger partial charge in [-0.25, -0.2) is 0 Å². The van der Waals surface area contributed by atoms with Crippen LogP contribution in [0.25, 0.3) is 86.5 Å². The number of fused-ring (bicyclic) bond motifs is 11. The maximum atomic E-state index is 2.59. The maximum absolute atomic E-state index is 2.59. The topological polar surface area (TPSA) is 9.86 Å². The summed E-state index contributed by atoms with van der Waals surface area (Å²) in [7, 11) is 0. The lowest BCUT2D eigenvalue weighted by molar-refractivity contribution is 0.624. The van der Waals surface area contributed by atoms with Gasteiger partial charge in [-0.05, 0) is 76.9 Å². The Bertz CT molecular complexity index is 3010. The third kappa shape index (κ3) is 3.68. The highest BCUT2D eigenvalue weighted by Crippen LogP contribution is 2.55. The summed E-state index contributed by atoms with van der Waals surface area (Å²) in [4.78, 5) is 0. The van der Waals surface area contributed by atoms with Crippen LogP contribution < -0.4 is 0 Å². The SMILES string of the molecule is CC1(C)c2ccccc2-c2c1n(-c1cccc3c1sc1ccccc13)c1ccc(-c3ccc4c(c3)c3ccccc3n4-c3ccccc3)cc21. The highest BCUT2D eigenvalue weighted by atomic mass is 32.1. The van der Waals surface area contributed by atoms with E-state index in [9.17, 15) is 0 Å². The third-order valence-corrected chi connectivity index (χ3v) is 12.3. The molecule has 0 saturated carbocycles. The molecular weight excluding hydrogens is 625 g/mol. The van der Waals surface area contributed by atoms with E-state index in [4.69, 9.17) is 0 Å². The number of benzene rings is 7. The fourth-order valence-corrected chi connectivity index (χ4v) is 10.1. The summed E-state index contributed by atoms with van der Waals surface area (Å²) >= 11 is 1.90.